The average molecular weight is 352 g/mol. The molecule has 3 aliphatic rings. The van der Waals surface area contributed by atoms with Gasteiger partial charge in [0.2, 0.25) is 0 Å². The Kier molecular flexibility index (Phi) is 5.49. The van der Waals surface area contributed by atoms with E-state index in [1.165, 1.54) is 12.8 Å². The maximum Gasteiger partial charge on any atom is 0.331 e. The summed E-state index contributed by atoms with van der Waals surface area (Å²) in [5.74, 6) is 0.736. The number of hydrogen-bond donors (Lipinski definition) is 2. The van der Waals surface area contributed by atoms with Crippen molar-refractivity contribution in [2.45, 2.75) is 52.2 Å². The molecule has 0 bridgehead atoms. The van der Waals surface area contributed by atoms with Crippen molar-refractivity contribution in [3.8, 4) is 0 Å². The maximum atomic E-state index is 11.6. The second kappa shape index (κ2) is 7.46. The van der Waals surface area contributed by atoms with Crippen LogP contribution in [0.3, 0.4) is 0 Å². The molecule has 3 rings (SSSR count). The molecule has 0 saturated heterocycles. The zero-order chi connectivity index (χ0) is 18.1. The standard InChI is InChI=1S/C19H28O6/c1-3-10(2)18(22)24-6-7-25-19(23)16-14(9-15(16)17(20)21)12-5-4-11-8-13(11)12/h10-14,19,23H,3-9H2,1-2H3,(H,20,21). The molecule has 0 aromatic heterocycles. The summed E-state index contributed by atoms with van der Waals surface area (Å²) in [6.45, 7) is 3.84. The highest BCUT2D eigenvalue weighted by Gasteiger charge is 2.54. The number of ether oxygens (including phenoxy) is 2. The SMILES string of the molecule is CCC(C)C(=O)OCCOC(O)C1=C(C(=O)O)CC1C1CCC2CC21. The van der Waals surface area contributed by atoms with Gasteiger partial charge < -0.3 is 19.7 Å². The molecule has 2 fully saturated rings. The lowest BCUT2D eigenvalue weighted by molar-refractivity contribution is -0.153. The molecule has 2 saturated carbocycles. The topological polar surface area (TPSA) is 93.1 Å². The molecule has 6 unspecified atom stereocenters. The fourth-order valence-corrected chi connectivity index (χ4v) is 4.41. The van der Waals surface area contributed by atoms with Gasteiger partial charge in [0.05, 0.1) is 12.5 Å². The Morgan fingerprint density at radius 3 is 2.56 bits per heavy atom. The number of aliphatic carboxylic acids is 1. The first kappa shape index (κ1) is 18.4. The largest absolute Gasteiger partial charge is 0.478 e. The summed E-state index contributed by atoms with van der Waals surface area (Å²) in [7, 11) is 0. The van der Waals surface area contributed by atoms with E-state index in [0.29, 0.717) is 30.3 Å². The minimum atomic E-state index is -1.22. The van der Waals surface area contributed by atoms with Crippen molar-refractivity contribution in [2.24, 2.45) is 29.6 Å². The summed E-state index contributed by atoms with van der Waals surface area (Å²) < 4.78 is 10.5. The number of esters is 1. The van der Waals surface area contributed by atoms with Crippen LogP contribution in [-0.2, 0) is 19.1 Å². The van der Waals surface area contributed by atoms with E-state index in [1.54, 1.807) is 6.92 Å². The summed E-state index contributed by atoms with van der Waals surface area (Å²) >= 11 is 0. The number of aliphatic hydroxyl groups is 1. The summed E-state index contributed by atoms with van der Waals surface area (Å²) in [6.07, 6.45) is 3.62. The first-order chi connectivity index (χ1) is 11.9. The van der Waals surface area contributed by atoms with Crippen molar-refractivity contribution >= 4 is 11.9 Å². The number of rotatable bonds is 9. The number of hydrogen-bond acceptors (Lipinski definition) is 5. The molecule has 0 radical (unpaired) electrons. The van der Waals surface area contributed by atoms with Crippen molar-refractivity contribution < 1.29 is 29.3 Å². The summed E-state index contributed by atoms with van der Waals surface area (Å²) in [5, 5.41) is 19.7. The van der Waals surface area contributed by atoms with Gasteiger partial charge in [-0.15, -0.1) is 0 Å². The lowest BCUT2D eigenvalue weighted by Gasteiger charge is -2.38. The Balaban J connectivity index is 1.51. The van der Waals surface area contributed by atoms with E-state index in [4.69, 9.17) is 9.47 Å². The second-order valence-corrected chi connectivity index (χ2v) is 7.65. The molecule has 0 spiro atoms. The lowest BCUT2D eigenvalue weighted by Crippen LogP contribution is -2.37. The summed E-state index contributed by atoms with van der Waals surface area (Å²) in [5.41, 5.74) is 0.830. The summed E-state index contributed by atoms with van der Waals surface area (Å²) in [6, 6.07) is 0. The fourth-order valence-electron chi connectivity index (χ4n) is 4.41. The third kappa shape index (κ3) is 3.75. The highest BCUT2D eigenvalue weighted by atomic mass is 16.6. The number of aliphatic hydroxyl groups excluding tert-OH is 1. The van der Waals surface area contributed by atoms with Crippen LogP contribution in [0, 0.1) is 29.6 Å². The second-order valence-electron chi connectivity index (χ2n) is 7.65. The summed E-state index contributed by atoms with van der Waals surface area (Å²) in [4.78, 5) is 23.0. The first-order valence-electron chi connectivity index (χ1n) is 9.36. The van der Waals surface area contributed by atoms with Gasteiger partial charge in [0.25, 0.3) is 0 Å². The van der Waals surface area contributed by atoms with E-state index in [2.05, 4.69) is 0 Å². The van der Waals surface area contributed by atoms with Gasteiger partial charge in [-0.1, -0.05) is 13.8 Å². The lowest BCUT2D eigenvalue weighted by atomic mass is 9.68. The van der Waals surface area contributed by atoms with Gasteiger partial charge in [-0.05, 0) is 61.3 Å². The molecule has 2 N–H and O–H groups in total. The van der Waals surface area contributed by atoms with Crippen LogP contribution in [0.5, 0.6) is 0 Å². The number of carboxylic acid groups (broad SMARTS) is 1. The Hall–Kier alpha value is -1.40. The molecule has 6 nitrogen and oxygen atoms in total. The minimum absolute atomic E-state index is 0.0587. The maximum absolute atomic E-state index is 11.6. The Morgan fingerprint density at radius 1 is 1.24 bits per heavy atom. The van der Waals surface area contributed by atoms with Crippen LogP contribution in [-0.4, -0.2) is 41.7 Å². The molecule has 0 heterocycles. The fraction of sp³-hybridized carbons (Fsp3) is 0.789. The molecule has 6 atom stereocenters. The highest BCUT2D eigenvalue weighted by molar-refractivity contribution is 5.90. The van der Waals surface area contributed by atoms with Gasteiger partial charge in [-0.3, -0.25) is 4.79 Å². The van der Waals surface area contributed by atoms with E-state index in [0.717, 1.165) is 12.3 Å². The molecule has 0 amide bonds. The predicted molar refractivity (Wildman–Crippen MR) is 89.5 cm³/mol. The van der Waals surface area contributed by atoms with E-state index >= 15 is 0 Å². The van der Waals surface area contributed by atoms with E-state index in [9.17, 15) is 19.8 Å². The zero-order valence-electron chi connectivity index (χ0n) is 14.9. The number of carbonyl (C=O) groups is 2. The van der Waals surface area contributed by atoms with Crippen molar-refractivity contribution in [1.82, 2.24) is 0 Å². The van der Waals surface area contributed by atoms with Crippen molar-refractivity contribution in [3.05, 3.63) is 11.1 Å². The van der Waals surface area contributed by atoms with Crippen molar-refractivity contribution in [2.75, 3.05) is 13.2 Å². The van der Waals surface area contributed by atoms with Gasteiger partial charge in [0.1, 0.15) is 6.61 Å². The molecule has 0 aliphatic heterocycles. The van der Waals surface area contributed by atoms with E-state index in [-0.39, 0.29) is 36.6 Å². The molecule has 25 heavy (non-hydrogen) atoms. The van der Waals surface area contributed by atoms with Crippen LogP contribution >= 0.6 is 0 Å². The Labute approximate surface area is 148 Å². The van der Waals surface area contributed by atoms with Gasteiger partial charge >= 0.3 is 11.9 Å². The monoisotopic (exact) mass is 352 g/mol. The van der Waals surface area contributed by atoms with Crippen LogP contribution in [0.4, 0.5) is 0 Å². The molecule has 0 aromatic carbocycles. The molecule has 3 aliphatic carbocycles. The minimum Gasteiger partial charge on any atom is -0.478 e. The van der Waals surface area contributed by atoms with E-state index in [1.807, 2.05) is 6.92 Å². The molecule has 0 aromatic rings. The van der Waals surface area contributed by atoms with Gasteiger partial charge in [-0.2, -0.15) is 0 Å². The van der Waals surface area contributed by atoms with Crippen LogP contribution in [0.15, 0.2) is 11.1 Å². The smallest absolute Gasteiger partial charge is 0.331 e. The zero-order valence-corrected chi connectivity index (χ0v) is 14.9. The van der Waals surface area contributed by atoms with Crippen LogP contribution in [0.1, 0.15) is 46.0 Å². The normalized spacial score (nSPS) is 32.6. The van der Waals surface area contributed by atoms with Crippen LogP contribution < -0.4 is 0 Å². The predicted octanol–water partition coefficient (Wildman–Crippen LogP) is 2.36. The van der Waals surface area contributed by atoms with Crippen molar-refractivity contribution in [3.63, 3.8) is 0 Å². The van der Waals surface area contributed by atoms with Crippen molar-refractivity contribution in [1.29, 1.82) is 0 Å². The first-order valence-corrected chi connectivity index (χ1v) is 9.36. The number of fused-ring (bicyclic) bond motifs is 1. The van der Waals surface area contributed by atoms with Crippen LogP contribution in [0.25, 0.3) is 0 Å². The van der Waals surface area contributed by atoms with E-state index < -0.39 is 12.3 Å². The molecule has 140 valence electrons. The third-order valence-electron chi connectivity index (χ3n) is 6.23. The highest BCUT2D eigenvalue weighted by Crippen LogP contribution is 2.61. The Morgan fingerprint density at radius 2 is 2.00 bits per heavy atom. The number of carboxylic acids is 1. The molecule has 6 heteroatoms. The van der Waals surface area contributed by atoms with Gasteiger partial charge in [0.15, 0.2) is 6.29 Å². The van der Waals surface area contributed by atoms with Crippen LogP contribution in [0.2, 0.25) is 0 Å². The van der Waals surface area contributed by atoms with Gasteiger partial charge in [0, 0.05) is 5.57 Å². The third-order valence-corrected chi connectivity index (χ3v) is 6.23. The van der Waals surface area contributed by atoms with Gasteiger partial charge in [-0.25, -0.2) is 4.79 Å². The Bertz CT molecular complexity index is 568. The number of carbonyl (C=O) groups excluding carboxylic acids is 1. The molecular weight excluding hydrogens is 324 g/mol. The quantitative estimate of drug-likeness (QED) is 0.376. The molecular formula is C19H28O6. The average Bonchev–Trinajstić information content (AvgIpc) is 3.22.